The van der Waals surface area contributed by atoms with Gasteiger partial charge >= 0.3 is 0 Å². The third kappa shape index (κ3) is 4.38. The zero-order chi connectivity index (χ0) is 21.8. The number of thiophene rings is 4. The summed E-state index contributed by atoms with van der Waals surface area (Å²) in [6.07, 6.45) is 4.57. The van der Waals surface area contributed by atoms with Crippen molar-refractivity contribution < 1.29 is 0 Å². The van der Waals surface area contributed by atoms with Crippen molar-refractivity contribution in [3.05, 3.63) is 54.9 Å². The van der Waals surface area contributed by atoms with Crippen molar-refractivity contribution in [3.63, 3.8) is 0 Å². The predicted molar refractivity (Wildman–Crippen MR) is 143 cm³/mol. The molecule has 0 aliphatic rings. The van der Waals surface area contributed by atoms with Gasteiger partial charge in [-0.3, -0.25) is 0 Å². The van der Waals surface area contributed by atoms with Crippen molar-refractivity contribution in [1.29, 1.82) is 0 Å². The van der Waals surface area contributed by atoms with Crippen LogP contribution in [0.2, 0.25) is 0 Å². The first-order valence-electron chi connectivity index (χ1n) is 10.4. The summed E-state index contributed by atoms with van der Waals surface area (Å²) in [6, 6.07) is 9.44. The Morgan fingerprint density at radius 2 is 1.23 bits per heavy atom. The Hall–Kier alpha value is -1.20. The van der Waals surface area contributed by atoms with Crippen LogP contribution in [0.4, 0.5) is 0 Å². The first-order chi connectivity index (χ1) is 13.9. The zero-order valence-electron chi connectivity index (χ0n) is 19.1. The molecule has 0 nitrogen and oxygen atoms in total. The van der Waals surface area contributed by atoms with Gasteiger partial charge in [-0.05, 0) is 72.2 Å². The molecule has 0 atom stereocenters. The molecule has 30 heavy (non-hydrogen) atoms. The second-order valence-electron chi connectivity index (χ2n) is 10.1. The van der Waals surface area contributed by atoms with Crippen molar-refractivity contribution in [2.45, 2.75) is 66.2 Å². The molecule has 4 aromatic rings. The largest absolute Gasteiger partial charge is 0.140 e. The number of hydrogen-bond donors (Lipinski definition) is 0. The smallest absolute Gasteiger partial charge is 0.0478 e. The van der Waals surface area contributed by atoms with Gasteiger partial charge in [-0.25, -0.2) is 0 Å². The van der Waals surface area contributed by atoms with Gasteiger partial charge in [0, 0.05) is 38.7 Å². The van der Waals surface area contributed by atoms with E-state index in [1.54, 1.807) is 0 Å². The Morgan fingerprint density at radius 1 is 0.633 bits per heavy atom. The Bertz CT molecular complexity index is 1190. The number of aryl methyl sites for hydroxylation is 2. The van der Waals surface area contributed by atoms with Gasteiger partial charge in [0.15, 0.2) is 0 Å². The van der Waals surface area contributed by atoms with Gasteiger partial charge in [0.05, 0.1) is 0 Å². The van der Waals surface area contributed by atoms with Crippen LogP contribution < -0.4 is 0 Å². The van der Waals surface area contributed by atoms with Gasteiger partial charge in [0.2, 0.25) is 0 Å². The highest BCUT2D eigenvalue weighted by Gasteiger charge is 2.20. The van der Waals surface area contributed by atoms with Crippen molar-refractivity contribution in [3.8, 4) is 9.75 Å². The lowest BCUT2D eigenvalue weighted by molar-refractivity contribution is 0.600. The maximum Gasteiger partial charge on any atom is 0.0478 e. The molecule has 0 N–H and O–H groups in total. The molecule has 0 unspecified atom stereocenters. The average Bonchev–Trinajstić information content (AvgIpc) is 3.32. The van der Waals surface area contributed by atoms with Gasteiger partial charge < -0.3 is 0 Å². The van der Waals surface area contributed by atoms with Crippen LogP contribution in [0.3, 0.4) is 0 Å². The van der Waals surface area contributed by atoms with Crippen LogP contribution in [0.1, 0.15) is 72.2 Å². The Labute approximate surface area is 196 Å². The van der Waals surface area contributed by atoms with Crippen LogP contribution in [0.5, 0.6) is 0 Å². The first kappa shape index (κ1) is 22.0. The van der Waals surface area contributed by atoms with Crippen LogP contribution in [-0.2, 0) is 10.8 Å². The highest BCUT2D eigenvalue weighted by molar-refractivity contribution is 7.31. The lowest BCUT2D eigenvalue weighted by atomic mass is 9.92. The predicted octanol–water partition coefficient (Wildman–Crippen LogP) is 10.1. The molecule has 158 valence electrons. The molecule has 4 aromatic heterocycles. The van der Waals surface area contributed by atoms with E-state index >= 15 is 0 Å². The van der Waals surface area contributed by atoms with Crippen molar-refractivity contribution in [2.75, 3.05) is 0 Å². The summed E-state index contributed by atoms with van der Waals surface area (Å²) in [7, 11) is 0. The van der Waals surface area contributed by atoms with Crippen molar-refractivity contribution in [2.24, 2.45) is 0 Å². The minimum atomic E-state index is 0.215. The number of rotatable bonds is 3. The molecule has 0 saturated heterocycles. The van der Waals surface area contributed by atoms with E-state index in [1.807, 2.05) is 45.3 Å². The van der Waals surface area contributed by atoms with Crippen LogP contribution in [0, 0.1) is 13.8 Å². The van der Waals surface area contributed by atoms with Crippen molar-refractivity contribution >= 4 is 66.9 Å². The molecule has 0 amide bonds. The maximum absolute atomic E-state index is 2.39. The molecule has 4 heteroatoms. The monoisotopic (exact) mass is 470 g/mol. The maximum atomic E-state index is 2.39. The van der Waals surface area contributed by atoms with Crippen LogP contribution in [0.25, 0.3) is 31.3 Å². The minimum Gasteiger partial charge on any atom is -0.140 e. The molecular formula is C26H30S4. The summed E-state index contributed by atoms with van der Waals surface area (Å²) in [5, 5.41) is 0. The normalized spacial score (nSPS) is 13.2. The molecule has 0 aliphatic heterocycles. The van der Waals surface area contributed by atoms with Gasteiger partial charge in [-0.2, -0.15) is 0 Å². The van der Waals surface area contributed by atoms with E-state index in [0.717, 1.165) is 0 Å². The average molecular weight is 471 g/mol. The number of fused-ring (bicyclic) bond motifs is 1. The molecule has 4 rings (SSSR count). The second-order valence-corrected chi connectivity index (χ2v) is 14.4. The van der Waals surface area contributed by atoms with Crippen LogP contribution in [-0.4, -0.2) is 0 Å². The topological polar surface area (TPSA) is 0 Å². The molecule has 0 saturated carbocycles. The molecule has 0 radical (unpaired) electrons. The molecule has 0 bridgehead atoms. The molecule has 0 fully saturated rings. The summed E-state index contributed by atoms with van der Waals surface area (Å²) >= 11 is 7.72. The molecule has 0 spiro atoms. The van der Waals surface area contributed by atoms with Gasteiger partial charge in [0.25, 0.3) is 0 Å². The summed E-state index contributed by atoms with van der Waals surface area (Å²) < 4.78 is 2.85. The summed E-state index contributed by atoms with van der Waals surface area (Å²) in [5.74, 6) is 0. The third-order valence-corrected chi connectivity index (χ3v) is 10.9. The van der Waals surface area contributed by atoms with Crippen LogP contribution in [0.15, 0.2) is 24.3 Å². The van der Waals surface area contributed by atoms with Crippen molar-refractivity contribution in [1.82, 2.24) is 0 Å². The Balaban J connectivity index is 1.60. The third-order valence-electron chi connectivity index (χ3n) is 5.14. The fourth-order valence-electron chi connectivity index (χ4n) is 3.65. The SMILES string of the molecule is Cc1cc(C=Cc2cc(C)c(C(C)(C)C)s2)sc1-c1cc2sc(C(C)(C)C)cc2s1. The van der Waals surface area contributed by atoms with Gasteiger partial charge in [-0.15, -0.1) is 45.3 Å². The van der Waals surface area contributed by atoms with E-state index < -0.39 is 0 Å². The van der Waals surface area contributed by atoms with Crippen LogP contribution >= 0.6 is 45.3 Å². The van der Waals surface area contributed by atoms with E-state index in [-0.39, 0.29) is 10.8 Å². The lowest BCUT2D eigenvalue weighted by Gasteiger charge is -2.17. The quantitative estimate of drug-likeness (QED) is 0.279. The van der Waals surface area contributed by atoms with E-state index in [0.29, 0.717) is 0 Å². The Kier molecular flexibility index (Phi) is 5.68. The first-order valence-corrected chi connectivity index (χ1v) is 13.6. The second kappa shape index (κ2) is 7.74. The van der Waals surface area contributed by atoms with E-state index in [1.165, 1.54) is 49.8 Å². The summed E-state index contributed by atoms with van der Waals surface area (Å²) in [5.41, 5.74) is 3.23. The number of hydrogen-bond acceptors (Lipinski definition) is 4. The molecule has 4 heterocycles. The minimum absolute atomic E-state index is 0.215. The summed E-state index contributed by atoms with van der Waals surface area (Å²) in [6.45, 7) is 18.3. The van der Waals surface area contributed by atoms with E-state index in [9.17, 15) is 0 Å². The lowest BCUT2D eigenvalue weighted by Crippen LogP contribution is -2.09. The molecule has 0 aromatic carbocycles. The van der Waals surface area contributed by atoms with E-state index in [2.05, 4.69) is 91.8 Å². The zero-order valence-corrected chi connectivity index (χ0v) is 22.4. The van der Waals surface area contributed by atoms with Gasteiger partial charge in [0.1, 0.15) is 0 Å². The fraction of sp³-hybridized carbons (Fsp3) is 0.385. The standard InChI is InChI=1S/C26H30S4/c1-15-11-17(9-10-18-12-16(2)24(28-18)26(6,7)8)27-23(15)21-13-19-20(29-21)14-22(30-19)25(3,4)5/h9-14H,1-8H3. The molecule has 0 aliphatic carbocycles. The Morgan fingerprint density at radius 3 is 1.80 bits per heavy atom. The highest BCUT2D eigenvalue weighted by Crippen LogP contribution is 2.44. The van der Waals surface area contributed by atoms with Gasteiger partial charge in [-0.1, -0.05) is 41.5 Å². The summed E-state index contributed by atoms with van der Waals surface area (Å²) in [4.78, 5) is 8.45. The molecular weight excluding hydrogens is 441 g/mol. The fourth-order valence-corrected chi connectivity index (χ4v) is 8.48. The highest BCUT2D eigenvalue weighted by atomic mass is 32.1. The van der Waals surface area contributed by atoms with E-state index in [4.69, 9.17) is 0 Å².